The van der Waals surface area contributed by atoms with Crippen molar-refractivity contribution in [2.45, 2.75) is 18.4 Å². The molecule has 0 fully saturated rings. The van der Waals surface area contributed by atoms with Gasteiger partial charge in [-0.25, -0.2) is 24.0 Å². The first kappa shape index (κ1) is 15.6. The van der Waals surface area contributed by atoms with Gasteiger partial charge in [0.25, 0.3) is 0 Å². The number of aryl methyl sites for hydroxylation is 1. The lowest BCUT2D eigenvalue weighted by Gasteiger charge is -2.09. The zero-order valence-electron chi connectivity index (χ0n) is 11.2. The highest BCUT2D eigenvalue weighted by atomic mass is 35.5. The minimum atomic E-state index is -3.71. The summed E-state index contributed by atoms with van der Waals surface area (Å²) >= 11 is 5.87. The summed E-state index contributed by atoms with van der Waals surface area (Å²) in [5, 5.41) is 0.125. The Morgan fingerprint density at radius 1 is 1.38 bits per heavy atom. The number of halogens is 1. The number of nitrogens with one attached hydrogen (secondary N) is 2. The lowest BCUT2D eigenvalue weighted by Crippen LogP contribution is -2.24. The van der Waals surface area contributed by atoms with Crippen molar-refractivity contribution in [3.05, 3.63) is 46.9 Å². The highest BCUT2D eigenvalue weighted by molar-refractivity contribution is 7.89. The molecule has 0 spiro atoms. The van der Waals surface area contributed by atoms with Crippen LogP contribution in [0, 0.1) is 6.92 Å². The van der Waals surface area contributed by atoms with Crippen LogP contribution in [0.3, 0.4) is 0 Å². The Hall–Kier alpha value is -1.74. The monoisotopic (exact) mass is 327 g/mol. The van der Waals surface area contributed by atoms with Gasteiger partial charge in [0.05, 0.1) is 5.02 Å². The molecule has 0 amide bonds. The van der Waals surface area contributed by atoms with Crippen LogP contribution in [-0.2, 0) is 16.6 Å². The number of sulfonamides is 1. The smallest absolute Gasteiger partial charge is 0.242 e. The van der Waals surface area contributed by atoms with Crippen molar-refractivity contribution in [3.8, 4) is 0 Å². The Balaban J connectivity index is 2.19. The molecule has 0 bridgehead atoms. The van der Waals surface area contributed by atoms with Crippen LogP contribution in [0.15, 0.2) is 35.6 Å². The van der Waals surface area contributed by atoms with Crippen LogP contribution in [0.2, 0.25) is 5.02 Å². The van der Waals surface area contributed by atoms with E-state index >= 15 is 0 Å². The number of hydrogen-bond acceptors (Lipinski definition) is 6. The highest BCUT2D eigenvalue weighted by Crippen LogP contribution is 2.21. The van der Waals surface area contributed by atoms with E-state index in [4.69, 9.17) is 17.4 Å². The zero-order valence-corrected chi connectivity index (χ0v) is 12.7. The minimum Gasteiger partial charge on any atom is -0.307 e. The molecule has 0 aliphatic rings. The number of nitrogens with two attached hydrogens (primary N) is 1. The fourth-order valence-corrected chi connectivity index (χ4v) is 2.89. The fraction of sp³-hybridized carbons (Fsp3) is 0.167. The van der Waals surface area contributed by atoms with Gasteiger partial charge < -0.3 is 5.43 Å². The average Bonchev–Trinajstić information content (AvgIpc) is 2.46. The Bertz CT molecular complexity index is 751. The van der Waals surface area contributed by atoms with Gasteiger partial charge in [0.2, 0.25) is 10.0 Å². The van der Waals surface area contributed by atoms with E-state index < -0.39 is 10.0 Å². The molecule has 21 heavy (non-hydrogen) atoms. The van der Waals surface area contributed by atoms with E-state index in [2.05, 4.69) is 20.1 Å². The maximum Gasteiger partial charge on any atom is 0.242 e. The van der Waals surface area contributed by atoms with Crippen molar-refractivity contribution < 1.29 is 8.42 Å². The fourth-order valence-electron chi connectivity index (χ4n) is 1.63. The first-order chi connectivity index (χ1) is 9.94. The van der Waals surface area contributed by atoms with Crippen molar-refractivity contribution in [3.63, 3.8) is 0 Å². The van der Waals surface area contributed by atoms with Crippen LogP contribution in [0.5, 0.6) is 0 Å². The van der Waals surface area contributed by atoms with Crippen LogP contribution in [0.1, 0.15) is 11.1 Å². The summed E-state index contributed by atoms with van der Waals surface area (Å²) < 4.78 is 26.9. The average molecular weight is 328 g/mol. The largest absolute Gasteiger partial charge is 0.307 e. The molecule has 2 aromatic rings. The number of nitrogens with zero attached hydrogens (tertiary/aromatic N) is 2. The molecule has 2 heterocycles. The number of aromatic nitrogens is 2. The van der Waals surface area contributed by atoms with E-state index in [0.29, 0.717) is 0 Å². The SMILES string of the molecule is Cc1cnccc1CNS(=O)(=O)c1cnc(NN)c(Cl)c1. The first-order valence-corrected chi connectivity index (χ1v) is 7.81. The third-order valence-electron chi connectivity index (χ3n) is 2.85. The topological polar surface area (TPSA) is 110 Å². The van der Waals surface area contributed by atoms with Gasteiger partial charge in [-0.2, -0.15) is 0 Å². The summed E-state index contributed by atoms with van der Waals surface area (Å²) in [6, 6.07) is 3.04. The summed E-state index contributed by atoms with van der Waals surface area (Å²) in [7, 11) is -3.71. The normalized spacial score (nSPS) is 11.4. The zero-order chi connectivity index (χ0) is 15.5. The standard InChI is InChI=1S/C12H14ClN5O2S/c1-8-5-15-3-2-9(8)6-17-21(19,20)10-4-11(13)12(18-14)16-7-10/h2-5,7,17H,6,14H2,1H3,(H,16,18). The highest BCUT2D eigenvalue weighted by Gasteiger charge is 2.16. The van der Waals surface area contributed by atoms with Gasteiger partial charge >= 0.3 is 0 Å². The molecule has 4 N–H and O–H groups in total. The third-order valence-corrected chi connectivity index (χ3v) is 4.51. The molecule has 9 heteroatoms. The van der Waals surface area contributed by atoms with Gasteiger partial charge in [0, 0.05) is 25.1 Å². The van der Waals surface area contributed by atoms with E-state index in [1.165, 1.54) is 12.3 Å². The summed E-state index contributed by atoms with van der Waals surface area (Å²) in [6.45, 7) is 2.02. The van der Waals surface area contributed by atoms with Crippen molar-refractivity contribution in [2.24, 2.45) is 5.84 Å². The minimum absolute atomic E-state index is 0.0294. The Morgan fingerprint density at radius 2 is 2.14 bits per heavy atom. The van der Waals surface area contributed by atoms with Crippen molar-refractivity contribution >= 4 is 27.4 Å². The quantitative estimate of drug-likeness (QED) is 0.562. The number of nitrogen functional groups attached to an aromatic ring is 1. The van der Waals surface area contributed by atoms with E-state index in [-0.39, 0.29) is 22.3 Å². The number of hydrazine groups is 1. The van der Waals surface area contributed by atoms with Crippen LogP contribution in [-0.4, -0.2) is 18.4 Å². The Kier molecular flexibility index (Phi) is 4.73. The molecule has 0 saturated heterocycles. The summed E-state index contributed by atoms with van der Waals surface area (Å²) in [5.74, 6) is 5.40. The molecule has 0 unspecified atom stereocenters. The lowest BCUT2D eigenvalue weighted by molar-refractivity contribution is 0.580. The molecule has 0 atom stereocenters. The molecule has 0 aliphatic heterocycles. The molecule has 0 saturated carbocycles. The van der Waals surface area contributed by atoms with Gasteiger partial charge in [0.1, 0.15) is 4.90 Å². The summed E-state index contributed by atoms with van der Waals surface area (Å²) in [5.41, 5.74) is 4.02. The molecule has 2 aromatic heterocycles. The Labute approximate surface area is 127 Å². The van der Waals surface area contributed by atoms with Crippen LogP contribution >= 0.6 is 11.6 Å². The summed E-state index contributed by atoms with van der Waals surface area (Å²) in [6.07, 6.45) is 4.46. The van der Waals surface area contributed by atoms with Crippen molar-refractivity contribution in [2.75, 3.05) is 5.43 Å². The van der Waals surface area contributed by atoms with Crippen molar-refractivity contribution in [1.82, 2.24) is 14.7 Å². The van der Waals surface area contributed by atoms with Crippen LogP contribution in [0.4, 0.5) is 5.82 Å². The van der Waals surface area contributed by atoms with Gasteiger partial charge in [0.15, 0.2) is 5.82 Å². The predicted octanol–water partition coefficient (Wildman–Crippen LogP) is 1.20. The molecule has 112 valence electrons. The second kappa shape index (κ2) is 6.35. The van der Waals surface area contributed by atoms with Gasteiger partial charge in [-0.1, -0.05) is 11.6 Å². The second-order valence-electron chi connectivity index (χ2n) is 4.27. The number of rotatable bonds is 5. The predicted molar refractivity (Wildman–Crippen MR) is 80.1 cm³/mol. The molecule has 7 nitrogen and oxygen atoms in total. The lowest BCUT2D eigenvalue weighted by atomic mass is 10.2. The van der Waals surface area contributed by atoms with Crippen LogP contribution < -0.4 is 16.0 Å². The van der Waals surface area contributed by atoms with E-state index in [0.717, 1.165) is 11.1 Å². The second-order valence-corrected chi connectivity index (χ2v) is 6.45. The number of pyridine rings is 2. The van der Waals surface area contributed by atoms with Gasteiger partial charge in [-0.05, 0) is 30.2 Å². The van der Waals surface area contributed by atoms with E-state index in [9.17, 15) is 8.42 Å². The third kappa shape index (κ3) is 3.67. The van der Waals surface area contributed by atoms with Gasteiger partial charge in [-0.15, -0.1) is 0 Å². The maximum absolute atomic E-state index is 12.2. The first-order valence-electron chi connectivity index (χ1n) is 5.95. The van der Waals surface area contributed by atoms with Crippen LogP contribution in [0.25, 0.3) is 0 Å². The molecule has 0 radical (unpaired) electrons. The number of hydrogen-bond donors (Lipinski definition) is 3. The molecule has 2 rings (SSSR count). The summed E-state index contributed by atoms with van der Waals surface area (Å²) in [4.78, 5) is 7.76. The van der Waals surface area contributed by atoms with Crippen molar-refractivity contribution in [1.29, 1.82) is 0 Å². The van der Waals surface area contributed by atoms with E-state index in [1.54, 1.807) is 18.5 Å². The van der Waals surface area contributed by atoms with Gasteiger partial charge in [-0.3, -0.25) is 4.98 Å². The number of anilines is 1. The molecular formula is C12H14ClN5O2S. The molecule has 0 aromatic carbocycles. The Morgan fingerprint density at radius 3 is 2.76 bits per heavy atom. The molecular weight excluding hydrogens is 314 g/mol. The van der Waals surface area contributed by atoms with E-state index in [1.807, 2.05) is 6.92 Å². The molecule has 0 aliphatic carbocycles. The maximum atomic E-state index is 12.2.